The summed E-state index contributed by atoms with van der Waals surface area (Å²) in [6, 6.07) is 8.56. The van der Waals surface area contributed by atoms with Crippen LogP contribution in [0.2, 0.25) is 0 Å². The second-order valence-corrected chi connectivity index (χ2v) is 4.47. The molecular formula is C15H16F2N2O. The summed E-state index contributed by atoms with van der Waals surface area (Å²) in [5.74, 6) is 0.151. The zero-order valence-corrected chi connectivity index (χ0v) is 11.3. The average molecular weight is 278 g/mol. The number of rotatable bonds is 5. The molecule has 2 rings (SSSR count). The van der Waals surface area contributed by atoms with E-state index >= 15 is 0 Å². The summed E-state index contributed by atoms with van der Waals surface area (Å²) >= 11 is 0. The van der Waals surface area contributed by atoms with Crippen LogP contribution in [0, 0.1) is 6.92 Å². The Morgan fingerprint density at radius 1 is 1.15 bits per heavy atom. The molecule has 0 radical (unpaired) electrons. The summed E-state index contributed by atoms with van der Waals surface area (Å²) in [4.78, 5) is 4.16. The fourth-order valence-electron chi connectivity index (χ4n) is 2.13. The molecule has 106 valence electrons. The molecule has 1 N–H and O–H groups in total. The van der Waals surface area contributed by atoms with Gasteiger partial charge in [0, 0.05) is 12.4 Å². The minimum atomic E-state index is -2.82. The molecule has 1 unspecified atom stereocenters. The van der Waals surface area contributed by atoms with E-state index in [2.05, 4.69) is 15.0 Å². The van der Waals surface area contributed by atoms with Crippen molar-refractivity contribution in [3.8, 4) is 5.75 Å². The first-order valence-electron chi connectivity index (χ1n) is 6.23. The molecule has 0 saturated heterocycles. The van der Waals surface area contributed by atoms with Crippen molar-refractivity contribution >= 4 is 0 Å². The SMILES string of the molecule is CNC(c1cncc(C)c1)c1cccc(OC(F)F)c1. The maximum atomic E-state index is 12.3. The quantitative estimate of drug-likeness (QED) is 0.911. The second-order valence-electron chi connectivity index (χ2n) is 4.47. The highest BCUT2D eigenvalue weighted by Crippen LogP contribution is 2.25. The molecule has 1 aromatic heterocycles. The topological polar surface area (TPSA) is 34.2 Å². The lowest BCUT2D eigenvalue weighted by molar-refractivity contribution is -0.0498. The summed E-state index contributed by atoms with van der Waals surface area (Å²) < 4.78 is 29.0. The third-order valence-corrected chi connectivity index (χ3v) is 2.93. The van der Waals surface area contributed by atoms with E-state index in [0.29, 0.717) is 0 Å². The molecule has 0 fully saturated rings. The van der Waals surface area contributed by atoms with Gasteiger partial charge < -0.3 is 10.1 Å². The Morgan fingerprint density at radius 3 is 2.60 bits per heavy atom. The van der Waals surface area contributed by atoms with Crippen LogP contribution in [0.5, 0.6) is 5.75 Å². The first-order valence-corrected chi connectivity index (χ1v) is 6.23. The van der Waals surface area contributed by atoms with Crippen LogP contribution >= 0.6 is 0 Å². The number of hydrogen-bond donors (Lipinski definition) is 1. The van der Waals surface area contributed by atoms with Gasteiger partial charge in [-0.15, -0.1) is 0 Å². The summed E-state index contributed by atoms with van der Waals surface area (Å²) in [5, 5.41) is 3.16. The van der Waals surface area contributed by atoms with Crippen molar-refractivity contribution in [3.05, 3.63) is 59.4 Å². The summed E-state index contributed by atoms with van der Waals surface area (Å²) in [6.07, 6.45) is 3.53. The van der Waals surface area contributed by atoms with Gasteiger partial charge in [-0.3, -0.25) is 4.98 Å². The second kappa shape index (κ2) is 6.43. The molecule has 2 aromatic rings. The average Bonchev–Trinajstić information content (AvgIpc) is 2.39. The van der Waals surface area contributed by atoms with E-state index < -0.39 is 6.61 Å². The number of ether oxygens (including phenoxy) is 1. The predicted octanol–water partition coefficient (Wildman–Crippen LogP) is 3.30. The Morgan fingerprint density at radius 2 is 1.95 bits per heavy atom. The molecule has 0 aliphatic rings. The molecule has 0 spiro atoms. The summed E-state index contributed by atoms with van der Waals surface area (Å²) in [5.41, 5.74) is 2.86. The van der Waals surface area contributed by atoms with Crippen LogP contribution in [0.1, 0.15) is 22.7 Å². The molecule has 1 aromatic carbocycles. The Bertz CT molecular complexity index is 575. The standard InChI is InChI=1S/C15H16F2N2O/c1-10-6-12(9-19-8-10)14(18-2)11-4-3-5-13(7-11)20-15(16)17/h3-9,14-15,18H,1-2H3. The van der Waals surface area contributed by atoms with Crippen LogP contribution < -0.4 is 10.1 Å². The smallest absolute Gasteiger partial charge is 0.387 e. The fourth-order valence-corrected chi connectivity index (χ4v) is 2.13. The number of alkyl halides is 2. The van der Waals surface area contributed by atoms with Gasteiger partial charge in [-0.05, 0) is 42.8 Å². The zero-order chi connectivity index (χ0) is 14.5. The highest BCUT2D eigenvalue weighted by molar-refractivity contribution is 5.36. The molecular weight excluding hydrogens is 262 g/mol. The molecule has 0 aliphatic heterocycles. The monoisotopic (exact) mass is 278 g/mol. The molecule has 0 aliphatic carbocycles. The van der Waals surface area contributed by atoms with Gasteiger partial charge in [0.15, 0.2) is 0 Å². The van der Waals surface area contributed by atoms with Crippen molar-refractivity contribution in [2.45, 2.75) is 19.6 Å². The van der Waals surface area contributed by atoms with Crippen molar-refractivity contribution in [3.63, 3.8) is 0 Å². The number of benzene rings is 1. The normalized spacial score (nSPS) is 12.4. The Kier molecular flexibility index (Phi) is 4.63. The third kappa shape index (κ3) is 3.51. The van der Waals surface area contributed by atoms with Crippen molar-refractivity contribution in [2.75, 3.05) is 7.05 Å². The first-order chi connectivity index (χ1) is 9.60. The number of halogens is 2. The van der Waals surface area contributed by atoms with Crippen molar-refractivity contribution in [1.29, 1.82) is 0 Å². The predicted molar refractivity (Wildman–Crippen MR) is 73.0 cm³/mol. The largest absolute Gasteiger partial charge is 0.435 e. The summed E-state index contributed by atoms with van der Waals surface area (Å²) in [7, 11) is 1.81. The van der Waals surface area contributed by atoms with E-state index in [4.69, 9.17) is 0 Å². The molecule has 20 heavy (non-hydrogen) atoms. The Labute approximate surface area is 116 Å². The van der Waals surface area contributed by atoms with Crippen LogP contribution in [-0.4, -0.2) is 18.6 Å². The van der Waals surface area contributed by atoms with Gasteiger partial charge in [-0.25, -0.2) is 0 Å². The first kappa shape index (κ1) is 14.4. The van der Waals surface area contributed by atoms with Crippen LogP contribution in [0.25, 0.3) is 0 Å². The van der Waals surface area contributed by atoms with Gasteiger partial charge in [-0.1, -0.05) is 18.2 Å². The lowest BCUT2D eigenvalue weighted by Gasteiger charge is -2.18. The Balaban J connectivity index is 2.32. The minimum absolute atomic E-state index is 0.122. The lowest BCUT2D eigenvalue weighted by Crippen LogP contribution is -2.18. The van der Waals surface area contributed by atoms with E-state index in [1.165, 1.54) is 6.07 Å². The molecule has 0 bridgehead atoms. The highest BCUT2D eigenvalue weighted by atomic mass is 19.3. The van der Waals surface area contributed by atoms with E-state index in [1.807, 2.05) is 26.1 Å². The van der Waals surface area contributed by atoms with Crippen LogP contribution in [0.3, 0.4) is 0 Å². The fraction of sp³-hybridized carbons (Fsp3) is 0.267. The van der Waals surface area contributed by atoms with Crippen LogP contribution in [-0.2, 0) is 0 Å². The van der Waals surface area contributed by atoms with E-state index in [1.54, 1.807) is 24.5 Å². The van der Waals surface area contributed by atoms with Gasteiger partial charge in [0.05, 0.1) is 6.04 Å². The number of hydrogen-bond acceptors (Lipinski definition) is 3. The zero-order valence-electron chi connectivity index (χ0n) is 11.3. The van der Waals surface area contributed by atoms with Crippen LogP contribution in [0.4, 0.5) is 8.78 Å². The number of nitrogens with zero attached hydrogens (tertiary/aromatic N) is 1. The van der Waals surface area contributed by atoms with E-state index in [-0.39, 0.29) is 11.8 Å². The van der Waals surface area contributed by atoms with Gasteiger partial charge in [0.2, 0.25) is 0 Å². The van der Waals surface area contributed by atoms with Crippen molar-refractivity contribution < 1.29 is 13.5 Å². The molecule has 0 saturated carbocycles. The van der Waals surface area contributed by atoms with Crippen molar-refractivity contribution in [1.82, 2.24) is 10.3 Å². The van der Waals surface area contributed by atoms with Crippen molar-refractivity contribution in [2.24, 2.45) is 0 Å². The number of aryl methyl sites for hydroxylation is 1. The number of pyridine rings is 1. The maximum absolute atomic E-state index is 12.3. The minimum Gasteiger partial charge on any atom is -0.435 e. The molecule has 3 nitrogen and oxygen atoms in total. The highest BCUT2D eigenvalue weighted by Gasteiger charge is 2.14. The number of nitrogens with one attached hydrogen (secondary N) is 1. The lowest BCUT2D eigenvalue weighted by atomic mass is 9.99. The maximum Gasteiger partial charge on any atom is 0.387 e. The number of aromatic nitrogens is 1. The third-order valence-electron chi connectivity index (χ3n) is 2.93. The van der Waals surface area contributed by atoms with Gasteiger partial charge in [0.25, 0.3) is 0 Å². The molecule has 0 amide bonds. The van der Waals surface area contributed by atoms with Gasteiger partial charge >= 0.3 is 6.61 Å². The molecule has 1 heterocycles. The van der Waals surface area contributed by atoms with Crippen LogP contribution in [0.15, 0.2) is 42.7 Å². The molecule has 1 atom stereocenters. The van der Waals surface area contributed by atoms with Gasteiger partial charge in [-0.2, -0.15) is 8.78 Å². The molecule has 5 heteroatoms. The van der Waals surface area contributed by atoms with E-state index in [9.17, 15) is 8.78 Å². The van der Waals surface area contributed by atoms with Gasteiger partial charge in [0.1, 0.15) is 5.75 Å². The summed E-state index contributed by atoms with van der Waals surface area (Å²) in [6.45, 7) is -0.863. The van der Waals surface area contributed by atoms with E-state index in [0.717, 1.165) is 16.7 Å². The Hall–Kier alpha value is -2.01.